The second kappa shape index (κ2) is 8.61. The molecule has 3 heterocycles. The molecule has 0 atom stereocenters. The summed E-state index contributed by atoms with van der Waals surface area (Å²) in [5.74, 6) is 0.567. The quantitative estimate of drug-likeness (QED) is 0.647. The monoisotopic (exact) mass is 458 g/mol. The number of rotatable bonds is 4. The number of piperidine rings is 1. The van der Waals surface area contributed by atoms with Gasteiger partial charge in [-0.2, -0.15) is 0 Å². The Kier molecular flexibility index (Phi) is 5.67. The number of H-pyrrole nitrogens is 1. The number of hydrogen-bond donors (Lipinski definition) is 1. The minimum Gasteiger partial charge on any atom is -0.342 e. The third-order valence-corrected chi connectivity index (χ3v) is 7.01. The number of nitrogens with one attached hydrogen (secondary N) is 1. The fourth-order valence-electron chi connectivity index (χ4n) is 4.82. The summed E-state index contributed by atoms with van der Waals surface area (Å²) in [6, 6.07) is 4.46. The van der Waals surface area contributed by atoms with Crippen LogP contribution in [0.15, 0.2) is 23.0 Å². The first-order chi connectivity index (χ1) is 15.5. The molecule has 1 aromatic carbocycles. The van der Waals surface area contributed by atoms with Crippen molar-refractivity contribution in [2.45, 2.75) is 51.0 Å². The molecular weight excluding hydrogens is 435 g/mol. The number of amides is 1. The highest BCUT2D eigenvalue weighted by molar-refractivity contribution is 6.31. The van der Waals surface area contributed by atoms with E-state index in [9.17, 15) is 14.0 Å². The molecule has 0 radical (unpaired) electrons. The number of carbonyl (C=O) groups excluding carboxylic acids is 1. The van der Waals surface area contributed by atoms with Gasteiger partial charge in [0.15, 0.2) is 11.2 Å². The fraction of sp³-hybridized carbons (Fsp3) is 0.500. The van der Waals surface area contributed by atoms with E-state index < -0.39 is 5.82 Å². The molecule has 1 aliphatic heterocycles. The first kappa shape index (κ1) is 21.1. The fourth-order valence-corrected chi connectivity index (χ4v) is 5.04. The van der Waals surface area contributed by atoms with Gasteiger partial charge in [0.25, 0.3) is 5.56 Å². The van der Waals surface area contributed by atoms with E-state index in [1.54, 1.807) is 6.07 Å². The highest BCUT2D eigenvalue weighted by Gasteiger charge is 2.31. The summed E-state index contributed by atoms with van der Waals surface area (Å²) in [5.41, 5.74) is 0.297. The zero-order valence-electron chi connectivity index (χ0n) is 17.6. The molecule has 2 aromatic heterocycles. The van der Waals surface area contributed by atoms with E-state index >= 15 is 0 Å². The lowest BCUT2D eigenvalue weighted by molar-refractivity contribution is -0.136. The number of likely N-dealkylation sites (tertiary alicyclic amines) is 1. The lowest BCUT2D eigenvalue weighted by atomic mass is 9.94. The van der Waals surface area contributed by atoms with Crippen LogP contribution in [0.2, 0.25) is 5.02 Å². The molecule has 1 aliphatic carbocycles. The third kappa shape index (κ3) is 3.90. The smallest absolute Gasteiger partial charge is 0.281 e. The molecule has 32 heavy (non-hydrogen) atoms. The Hall–Kier alpha value is -2.81. The predicted octanol–water partition coefficient (Wildman–Crippen LogP) is 3.25. The van der Waals surface area contributed by atoms with E-state index in [0.717, 1.165) is 38.5 Å². The van der Waals surface area contributed by atoms with Crippen LogP contribution in [0.3, 0.4) is 0 Å². The second-order valence-corrected chi connectivity index (χ2v) is 9.06. The van der Waals surface area contributed by atoms with E-state index in [1.807, 2.05) is 4.90 Å². The van der Waals surface area contributed by atoms with Gasteiger partial charge in [0.1, 0.15) is 11.6 Å². The van der Waals surface area contributed by atoms with Crippen molar-refractivity contribution in [3.63, 3.8) is 0 Å². The molecule has 0 spiro atoms. The van der Waals surface area contributed by atoms with Crippen molar-refractivity contribution >= 4 is 28.7 Å². The van der Waals surface area contributed by atoms with Crippen molar-refractivity contribution in [1.29, 1.82) is 0 Å². The van der Waals surface area contributed by atoms with Crippen LogP contribution < -0.4 is 5.56 Å². The standard InChI is InChI=1S/C22H24ClFN6O2/c23-16-6-3-7-17(24)15(16)12-30-20-18(27-28-30)21(31)26-19(25-20)13-8-10-29(11-9-13)22(32)14-4-1-2-5-14/h3,6-7,13-14H,1-2,4-5,8-12H2,(H,25,26,31). The average molecular weight is 459 g/mol. The molecule has 8 nitrogen and oxygen atoms in total. The lowest BCUT2D eigenvalue weighted by Gasteiger charge is -2.33. The topological polar surface area (TPSA) is 96.8 Å². The zero-order chi connectivity index (χ0) is 22.2. The minimum absolute atomic E-state index is 0.0201. The van der Waals surface area contributed by atoms with Gasteiger partial charge in [-0.05, 0) is 37.8 Å². The van der Waals surface area contributed by atoms with Crippen LogP contribution in [0, 0.1) is 11.7 Å². The number of aromatic nitrogens is 5. The Morgan fingerprint density at radius 3 is 2.66 bits per heavy atom. The van der Waals surface area contributed by atoms with Crippen molar-refractivity contribution in [2.24, 2.45) is 5.92 Å². The molecule has 0 bridgehead atoms. The lowest BCUT2D eigenvalue weighted by Crippen LogP contribution is -2.41. The number of hydrogen-bond acceptors (Lipinski definition) is 5. The Morgan fingerprint density at radius 1 is 1.19 bits per heavy atom. The van der Waals surface area contributed by atoms with E-state index in [2.05, 4.69) is 20.3 Å². The maximum absolute atomic E-state index is 14.2. The molecule has 2 fully saturated rings. The van der Waals surface area contributed by atoms with Crippen molar-refractivity contribution in [2.75, 3.05) is 13.1 Å². The molecule has 10 heteroatoms. The summed E-state index contributed by atoms with van der Waals surface area (Å²) in [5, 5.41) is 8.21. The first-order valence-corrected chi connectivity index (χ1v) is 11.4. The third-order valence-electron chi connectivity index (χ3n) is 6.66. The number of halogens is 2. The van der Waals surface area contributed by atoms with Gasteiger partial charge in [0, 0.05) is 35.5 Å². The van der Waals surface area contributed by atoms with Gasteiger partial charge in [-0.3, -0.25) is 9.59 Å². The molecule has 1 amide bonds. The van der Waals surface area contributed by atoms with Crippen LogP contribution in [0.25, 0.3) is 11.2 Å². The summed E-state index contributed by atoms with van der Waals surface area (Å²) >= 11 is 6.15. The summed E-state index contributed by atoms with van der Waals surface area (Å²) in [7, 11) is 0. The van der Waals surface area contributed by atoms with Crippen molar-refractivity contribution < 1.29 is 9.18 Å². The normalized spacial score (nSPS) is 18.0. The molecule has 1 saturated carbocycles. The Balaban J connectivity index is 1.37. The summed E-state index contributed by atoms with van der Waals surface area (Å²) in [4.78, 5) is 34.7. The first-order valence-electron chi connectivity index (χ1n) is 11.1. The molecule has 5 rings (SSSR count). The predicted molar refractivity (Wildman–Crippen MR) is 117 cm³/mol. The number of fused-ring (bicyclic) bond motifs is 1. The highest BCUT2D eigenvalue weighted by atomic mass is 35.5. The maximum Gasteiger partial charge on any atom is 0.281 e. The Bertz CT molecular complexity index is 1190. The van der Waals surface area contributed by atoms with Crippen LogP contribution in [0.4, 0.5) is 4.39 Å². The van der Waals surface area contributed by atoms with Gasteiger partial charge in [-0.15, -0.1) is 5.10 Å². The van der Waals surface area contributed by atoms with Crippen LogP contribution in [-0.2, 0) is 11.3 Å². The Morgan fingerprint density at radius 2 is 1.94 bits per heavy atom. The van der Waals surface area contributed by atoms with E-state index in [4.69, 9.17) is 11.6 Å². The largest absolute Gasteiger partial charge is 0.342 e. The van der Waals surface area contributed by atoms with Crippen LogP contribution in [0.1, 0.15) is 55.8 Å². The Labute approximate surface area is 188 Å². The van der Waals surface area contributed by atoms with Crippen molar-refractivity contribution in [1.82, 2.24) is 29.9 Å². The van der Waals surface area contributed by atoms with Gasteiger partial charge in [-0.25, -0.2) is 14.1 Å². The minimum atomic E-state index is -0.453. The van der Waals surface area contributed by atoms with Gasteiger partial charge in [-0.1, -0.05) is 35.7 Å². The number of nitrogens with zero attached hydrogens (tertiary/aromatic N) is 5. The average Bonchev–Trinajstić information content (AvgIpc) is 3.47. The van der Waals surface area contributed by atoms with Crippen molar-refractivity contribution in [3.05, 3.63) is 50.8 Å². The number of aromatic amines is 1. The summed E-state index contributed by atoms with van der Waals surface area (Å²) in [6.07, 6.45) is 5.72. The summed E-state index contributed by atoms with van der Waals surface area (Å²) in [6.45, 7) is 1.33. The SMILES string of the molecule is O=C(C1CCCC1)N1CCC(c2nc3c(nnn3Cc3c(F)cccc3Cl)c(=O)[nH]2)CC1. The van der Waals surface area contributed by atoms with Crippen LogP contribution in [-0.4, -0.2) is 48.9 Å². The molecule has 0 unspecified atom stereocenters. The highest BCUT2D eigenvalue weighted by Crippen LogP contribution is 2.31. The van der Waals surface area contributed by atoms with Gasteiger partial charge >= 0.3 is 0 Å². The maximum atomic E-state index is 14.2. The molecule has 1 N–H and O–H groups in total. The van der Waals surface area contributed by atoms with Gasteiger partial charge in [0.2, 0.25) is 5.91 Å². The molecule has 1 saturated heterocycles. The number of benzene rings is 1. The molecule has 168 valence electrons. The van der Waals surface area contributed by atoms with E-state index in [1.165, 1.54) is 16.8 Å². The van der Waals surface area contributed by atoms with E-state index in [0.29, 0.717) is 24.6 Å². The van der Waals surface area contributed by atoms with E-state index in [-0.39, 0.29) is 45.9 Å². The van der Waals surface area contributed by atoms with Gasteiger partial charge < -0.3 is 9.88 Å². The van der Waals surface area contributed by atoms with Crippen LogP contribution in [0.5, 0.6) is 0 Å². The summed E-state index contributed by atoms with van der Waals surface area (Å²) < 4.78 is 15.6. The van der Waals surface area contributed by atoms with Gasteiger partial charge in [0.05, 0.1) is 6.54 Å². The molecule has 2 aliphatic rings. The number of carbonyl (C=O) groups is 1. The molecule has 3 aromatic rings. The molecular formula is C22H24ClFN6O2. The van der Waals surface area contributed by atoms with Crippen LogP contribution >= 0.6 is 11.6 Å². The zero-order valence-corrected chi connectivity index (χ0v) is 18.3. The second-order valence-electron chi connectivity index (χ2n) is 8.65. The van der Waals surface area contributed by atoms with Crippen molar-refractivity contribution in [3.8, 4) is 0 Å².